The lowest BCUT2D eigenvalue weighted by Crippen LogP contribution is -2.39. The summed E-state index contributed by atoms with van der Waals surface area (Å²) >= 11 is 0. The molecule has 1 atom stereocenters. The van der Waals surface area contributed by atoms with E-state index in [1.54, 1.807) is 6.92 Å². The van der Waals surface area contributed by atoms with Crippen LogP contribution in [0.1, 0.15) is 51.9 Å². The molecule has 1 amide bonds. The number of rotatable bonds is 5. The third kappa shape index (κ3) is 4.29. The molecule has 1 fully saturated rings. The van der Waals surface area contributed by atoms with Gasteiger partial charge in [-0.15, -0.1) is 0 Å². The van der Waals surface area contributed by atoms with Crippen LogP contribution in [0.2, 0.25) is 0 Å². The van der Waals surface area contributed by atoms with Gasteiger partial charge in [-0.25, -0.2) is 0 Å². The first-order chi connectivity index (χ1) is 8.46. The van der Waals surface area contributed by atoms with Crippen LogP contribution in [-0.2, 0) is 9.59 Å². The zero-order chi connectivity index (χ0) is 13.6. The number of carboxylic acids is 1. The predicted octanol–water partition coefficient (Wildman–Crippen LogP) is 1.30. The van der Waals surface area contributed by atoms with E-state index in [0.29, 0.717) is 12.8 Å². The molecule has 1 unspecified atom stereocenters. The number of carboxylic acid groups (broad SMARTS) is 1. The van der Waals surface area contributed by atoms with Gasteiger partial charge >= 0.3 is 5.97 Å². The highest BCUT2D eigenvalue weighted by Crippen LogP contribution is 2.38. The summed E-state index contributed by atoms with van der Waals surface area (Å²) in [5.41, 5.74) is -0.903. The molecule has 104 valence electrons. The standard InChI is InChI=1S/C13H23NO4/c1-10(15)9-14-11(16)8-13(12(17)18)6-4-2-3-5-7-13/h10,15H,2-9H2,1H3,(H,14,16)(H,17,18). The first-order valence-electron chi connectivity index (χ1n) is 6.64. The van der Waals surface area contributed by atoms with Crippen molar-refractivity contribution >= 4 is 11.9 Å². The number of amides is 1. The van der Waals surface area contributed by atoms with Gasteiger partial charge in [-0.05, 0) is 19.8 Å². The summed E-state index contributed by atoms with van der Waals surface area (Å²) in [6, 6.07) is 0. The summed E-state index contributed by atoms with van der Waals surface area (Å²) in [6.45, 7) is 1.76. The van der Waals surface area contributed by atoms with Gasteiger partial charge in [0, 0.05) is 13.0 Å². The van der Waals surface area contributed by atoms with E-state index in [-0.39, 0.29) is 18.9 Å². The highest BCUT2D eigenvalue weighted by molar-refractivity contribution is 5.85. The molecule has 1 aliphatic rings. The summed E-state index contributed by atoms with van der Waals surface area (Å²) < 4.78 is 0. The number of hydrogen-bond donors (Lipinski definition) is 3. The van der Waals surface area contributed by atoms with Crippen molar-refractivity contribution in [3.63, 3.8) is 0 Å². The van der Waals surface area contributed by atoms with Gasteiger partial charge in [0.1, 0.15) is 0 Å². The number of aliphatic hydroxyl groups excluding tert-OH is 1. The quantitative estimate of drug-likeness (QED) is 0.648. The fourth-order valence-electron chi connectivity index (χ4n) is 2.50. The molecular formula is C13H23NO4. The van der Waals surface area contributed by atoms with Gasteiger partial charge in [-0.1, -0.05) is 25.7 Å². The van der Waals surface area contributed by atoms with Crippen molar-refractivity contribution in [2.24, 2.45) is 5.41 Å². The molecule has 1 saturated carbocycles. The molecule has 5 nitrogen and oxygen atoms in total. The summed E-state index contributed by atoms with van der Waals surface area (Å²) in [6.07, 6.45) is 4.40. The van der Waals surface area contributed by atoms with E-state index in [9.17, 15) is 14.7 Å². The highest BCUT2D eigenvalue weighted by atomic mass is 16.4. The van der Waals surface area contributed by atoms with E-state index in [1.165, 1.54) is 0 Å². The molecule has 0 spiro atoms. The Balaban J connectivity index is 2.61. The Morgan fingerprint density at radius 3 is 2.22 bits per heavy atom. The lowest BCUT2D eigenvalue weighted by atomic mass is 9.77. The minimum Gasteiger partial charge on any atom is -0.481 e. The third-order valence-electron chi connectivity index (χ3n) is 3.61. The average molecular weight is 257 g/mol. The van der Waals surface area contributed by atoms with Gasteiger partial charge in [0.05, 0.1) is 11.5 Å². The number of carbonyl (C=O) groups excluding carboxylic acids is 1. The van der Waals surface area contributed by atoms with E-state index in [4.69, 9.17) is 5.11 Å². The second-order valence-corrected chi connectivity index (χ2v) is 5.33. The summed E-state index contributed by atoms with van der Waals surface area (Å²) in [5.74, 6) is -1.14. The van der Waals surface area contributed by atoms with Crippen LogP contribution in [0.3, 0.4) is 0 Å². The highest BCUT2D eigenvalue weighted by Gasteiger charge is 2.40. The zero-order valence-corrected chi connectivity index (χ0v) is 10.9. The number of aliphatic carboxylic acids is 1. The van der Waals surface area contributed by atoms with E-state index < -0.39 is 17.5 Å². The molecule has 0 bridgehead atoms. The van der Waals surface area contributed by atoms with Crippen LogP contribution in [0.25, 0.3) is 0 Å². The van der Waals surface area contributed by atoms with Crippen LogP contribution in [0.5, 0.6) is 0 Å². The molecule has 0 radical (unpaired) electrons. The van der Waals surface area contributed by atoms with E-state index in [0.717, 1.165) is 25.7 Å². The molecule has 0 aromatic rings. The van der Waals surface area contributed by atoms with Crippen LogP contribution in [0.4, 0.5) is 0 Å². The Hall–Kier alpha value is -1.10. The number of carbonyl (C=O) groups is 2. The molecule has 3 N–H and O–H groups in total. The maximum absolute atomic E-state index is 11.8. The molecule has 0 aromatic carbocycles. The lowest BCUT2D eigenvalue weighted by Gasteiger charge is -2.27. The molecule has 5 heteroatoms. The fraction of sp³-hybridized carbons (Fsp3) is 0.846. The van der Waals surface area contributed by atoms with Crippen LogP contribution >= 0.6 is 0 Å². The van der Waals surface area contributed by atoms with Crippen molar-refractivity contribution in [2.45, 2.75) is 58.0 Å². The predicted molar refractivity (Wildman–Crippen MR) is 67.1 cm³/mol. The number of hydrogen-bond acceptors (Lipinski definition) is 3. The fourth-order valence-corrected chi connectivity index (χ4v) is 2.50. The van der Waals surface area contributed by atoms with Crippen molar-refractivity contribution in [3.8, 4) is 0 Å². The van der Waals surface area contributed by atoms with Crippen molar-refractivity contribution in [3.05, 3.63) is 0 Å². The molecule has 0 saturated heterocycles. The average Bonchev–Trinajstić information content (AvgIpc) is 2.53. The van der Waals surface area contributed by atoms with Gasteiger partial charge in [0.25, 0.3) is 0 Å². The maximum Gasteiger partial charge on any atom is 0.310 e. The number of nitrogens with one attached hydrogen (secondary N) is 1. The Labute approximate surface area is 108 Å². The lowest BCUT2D eigenvalue weighted by molar-refractivity contribution is -0.152. The monoisotopic (exact) mass is 257 g/mol. The van der Waals surface area contributed by atoms with Gasteiger partial charge < -0.3 is 15.5 Å². The van der Waals surface area contributed by atoms with Crippen molar-refractivity contribution in [1.82, 2.24) is 5.32 Å². The Morgan fingerprint density at radius 1 is 1.22 bits per heavy atom. The molecule has 0 aromatic heterocycles. The van der Waals surface area contributed by atoms with Crippen LogP contribution in [-0.4, -0.2) is 34.7 Å². The Kier molecular flexibility index (Phi) is 5.59. The van der Waals surface area contributed by atoms with Crippen LogP contribution in [0, 0.1) is 5.41 Å². The first kappa shape index (κ1) is 15.0. The van der Waals surface area contributed by atoms with Crippen molar-refractivity contribution in [2.75, 3.05) is 6.54 Å². The normalized spacial score (nSPS) is 20.8. The second kappa shape index (κ2) is 6.73. The Morgan fingerprint density at radius 2 is 1.78 bits per heavy atom. The minimum absolute atomic E-state index is 0.0229. The minimum atomic E-state index is -0.903. The number of aliphatic hydroxyl groups is 1. The largest absolute Gasteiger partial charge is 0.481 e. The van der Waals surface area contributed by atoms with Crippen LogP contribution in [0.15, 0.2) is 0 Å². The molecule has 1 aliphatic carbocycles. The molecule has 1 rings (SSSR count). The van der Waals surface area contributed by atoms with Gasteiger partial charge in [-0.3, -0.25) is 9.59 Å². The Bertz CT molecular complexity index is 293. The van der Waals surface area contributed by atoms with E-state index >= 15 is 0 Å². The first-order valence-corrected chi connectivity index (χ1v) is 6.64. The molecular weight excluding hydrogens is 234 g/mol. The topological polar surface area (TPSA) is 86.6 Å². The van der Waals surface area contributed by atoms with E-state index in [2.05, 4.69) is 5.32 Å². The maximum atomic E-state index is 11.8. The van der Waals surface area contributed by atoms with Gasteiger partial charge in [0.2, 0.25) is 5.91 Å². The summed E-state index contributed by atoms with van der Waals surface area (Å²) in [4.78, 5) is 23.2. The molecule has 0 aliphatic heterocycles. The van der Waals surface area contributed by atoms with Gasteiger partial charge in [0.15, 0.2) is 0 Å². The second-order valence-electron chi connectivity index (χ2n) is 5.33. The molecule has 18 heavy (non-hydrogen) atoms. The van der Waals surface area contributed by atoms with Crippen LogP contribution < -0.4 is 5.32 Å². The SMILES string of the molecule is CC(O)CNC(=O)CC1(C(=O)O)CCCCCC1. The van der Waals surface area contributed by atoms with Crippen molar-refractivity contribution in [1.29, 1.82) is 0 Å². The van der Waals surface area contributed by atoms with E-state index in [1.807, 2.05) is 0 Å². The van der Waals surface area contributed by atoms with Gasteiger partial charge in [-0.2, -0.15) is 0 Å². The zero-order valence-electron chi connectivity index (χ0n) is 10.9. The smallest absolute Gasteiger partial charge is 0.310 e. The molecule has 0 heterocycles. The summed E-state index contributed by atoms with van der Waals surface area (Å²) in [5, 5.41) is 21.1. The summed E-state index contributed by atoms with van der Waals surface area (Å²) in [7, 11) is 0. The van der Waals surface area contributed by atoms with Crippen molar-refractivity contribution < 1.29 is 19.8 Å². The third-order valence-corrected chi connectivity index (χ3v) is 3.61.